The van der Waals surface area contributed by atoms with Crippen molar-refractivity contribution in [2.45, 2.75) is 18.9 Å². The molecule has 0 saturated carbocycles. The number of likely N-dealkylation sites (N-methyl/N-ethyl adjacent to an activating group) is 1. The van der Waals surface area contributed by atoms with E-state index < -0.39 is 0 Å². The van der Waals surface area contributed by atoms with Gasteiger partial charge in [-0.05, 0) is 31.2 Å². The van der Waals surface area contributed by atoms with Gasteiger partial charge >= 0.3 is 0 Å². The molecule has 1 aliphatic rings. The van der Waals surface area contributed by atoms with Crippen LogP contribution in [0.1, 0.15) is 23.4 Å². The number of ether oxygens (including phenoxy) is 1. The molecule has 3 rings (SSSR count). The van der Waals surface area contributed by atoms with Crippen LogP contribution in [0.4, 0.5) is 4.39 Å². The van der Waals surface area contributed by atoms with Gasteiger partial charge in [0.15, 0.2) is 0 Å². The highest BCUT2D eigenvalue weighted by atomic mass is 19.1. The van der Waals surface area contributed by atoms with Crippen LogP contribution in [0.5, 0.6) is 0 Å². The molecule has 21 heavy (non-hydrogen) atoms. The first kappa shape index (κ1) is 14.2. The lowest BCUT2D eigenvalue weighted by Crippen LogP contribution is -2.35. The van der Waals surface area contributed by atoms with E-state index in [0.717, 1.165) is 25.1 Å². The first-order valence-corrected chi connectivity index (χ1v) is 7.08. The summed E-state index contributed by atoms with van der Waals surface area (Å²) in [5, 5.41) is 4.00. The Balaban J connectivity index is 1.58. The summed E-state index contributed by atoms with van der Waals surface area (Å²) >= 11 is 0. The highest BCUT2D eigenvalue weighted by Crippen LogP contribution is 2.19. The monoisotopic (exact) mass is 291 g/mol. The lowest BCUT2D eigenvalue weighted by atomic mass is 10.1. The summed E-state index contributed by atoms with van der Waals surface area (Å²) in [6.45, 7) is 2.38. The third-order valence-electron chi connectivity index (χ3n) is 3.58. The number of hydrogen-bond acceptors (Lipinski definition) is 5. The molecule has 1 atom stereocenters. The van der Waals surface area contributed by atoms with Gasteiger partial charge in [0.05, 0.1) is 6.61 Å². The molecule has 0 radical (unpaired) electrons. The van der Waals surface area contributed by atoms with Crippen molar-refractivity contribution in [1.82, 2.24) is 15.0 Å². The second-order valence-electron chi connectivity index (χ2n) is 5.29. The molecule has 1 aliphatic heterocycles. The zero-order valence-corrected chi connectivity index (χ0v) is 12.0. The van der Waals surface area contributed by atoms with E-state index in [0.29, 0.717) is 24.7 Å². The van der Waals surface area contributed by atoms with Crippen LogP contribution in [-0.4, -0.2) is 41.8 Å². The quantitative estimate of drug-likeness (QED) is 0.862. The number of aromatic nitrogens is 2. The van der Waals surface area contributed by atoms with E-state index in [1.54, 1.807) is 12.1 Å². The van der Waals surface area contributed by atoms with E-state index >= 15 is 0 Å². The molecule has 0 N–H and O–H groups in total. The predicted molar refractivity (Wildman–Crippen MR) is 74.3 cm³/mol. The van der Waals surface area contributed by atoms with Gasteiger partial charge in [0.2, 0.25) is 11.7 Å². The molecule has 1 fully saturated rings. The summed E-state index contributed by atoms with van der Waals surface area (Å²) < 4.78 is 23.8. The summed E-state index contributed by atoms with van der Waals surface area (Å²) in [5.41, 5.74) is 1.05. The van der Waals surface area contributed by atoms with E-state index in [-0.39, 0.29) is 11.9 Å². The first-order valence-electron chi connectivity index (χ1n) is 7.08. The van der Waals surface area contributed by atoms with Crippen molar-refractivity contribution < 1.29 is 13.7 Å². The van der Waals surface area contributed by atoms with E-state index in [9.17, 15) is 4.39 Å². The Morgan fingerprint density at radius 3 is 2.86 bits per heavy atom. The number of halogens is 1. The van der Waals surface area contributed by atoms with Crippen LogP contribution >= 0.6 is 0 Å². The minimum absolute atomic E-state index is 0.118. The van der Waals surface area contributed by atoms with Crippen molar-refractivity contribution in [3.05, 3.63) is 47.4 Å². The zero-order valence-electron chi connectivity index (χ0n) is 12.0. The Hall–Kier alpha value is -1.79. The van der Waals surface area contributed by atoms with Crippen LogP contribution in [-0.2, 0) is 17.6 Å². The van der Waals surface area contributed by atoms with Gasteiger partial charge in [-0.2, -0.15) is 4.98 Å². The molecule has 1 saturated heterocycles. The van der Waals surface area contributed by atoms with Gasteiger partial charge in [0.25, 0.3) is 0 Å². The minimum atomic E-state index is -0.225. The van der Waals surface area contributed by atoms with Gasteiger partial charge in [-0.25, -0.2) is 4.39 Å². The lowest BCUT2D eigenvalue weighted by Gasteiger charge is -2.27. The van der Waals surface area contributed by atoms with Crippen LogP contribution in [0.25, 0.3) is 0 Å². The van der Waals surface area contributed by atoms with Gasteiger partial charge in [-0.15, -0.1) is 0 Å². The summed E-state index contributed by atoms with van der Waals surface area (Å²) in [5.74, 6) is 0.971. The molecule has 1 aromatic heterocycles. The average Bonchev–Trinajstić information content (AvgIpc) is 2.96. The number of nitrogens with zero attached hydrogens (tertiary/aromatic N) is 3. The molecule has 112 valence electrons. The fourth-order valence-corrected chi connectivity index (χ4v) is 2.34. The molecular weight excluding hydrogens is 273 g/mol. The summed E-state index contributed by atoms with van der Waals surface area (Å²) in [6, 6.07) is 6.46. The third kappa shape index (κ3) is 3.65. The van der Waals surface area contributed by atoms with Gasteiger partial charge in [0, 0.05) is 19.5 Å². The Morgan fingerprint density at radius 1 is 1.29 bits per heavy atom. The van der Waals surface area contributed by atoms with Gasteiger partial charge in [-0.3, -0.25) is 0 Å². The highest BCUT2D eigenvalue weighted by molar-refractivity contribution is 5.16. The van der Waals surface area contributed by atoms with Crippen LogP contribution < -0.4 is 0 Å². The smallest absolute Gasteiger partial charge is 0.227 e. The van der Waals surface area contributed by atoms with Gasteiger partial charge < -0.3 is 14.2 Å². The van der Waals surface area contributed by atoms with Crippen LogP contribution in [0, 0.1) is 5.82 Å². The largest absolute Gasteiger partial charge is 0.367 e. The molecule has 0 amide bonds. The maximum Gasteiger partial charge on any atom is 0.227 e. The number of hydrogen-bond donors (Lipinski definition) is 0. The van der Waals surface area contributed by atoms with Crippen LogP contribution in [0.3, 0.4) is 0 Å². The molecule has 0 unspecified atom stereocenters. The predicted octanol–water partition coefficient (Wildman–Crippen LogP) is 2.00. The summed E-state index contributed by atoms with van der Waals surface area (Å²) in [4.78, 5) is 6.58. The second-order valence-corrected chi connectivity index (χ2v) is 5.29. The Kier molecular flexibility index (Phi) is 4.26. The van der Waals surface area contributed by atoms with E-state index in [4.69, 9.17) is 9.26 Å². The van der Waals surface area contributed by atoms with E-state index in [1.165, 1.54) is 12.1 Å². The molecule has 0 bridgehead atoms. The van der Waals surface area contributed by atoms with Gasteiger partial charge in [-0.1, -0.05) is 17.3 Å². The van der Waals surface area contributed by atoms with Crippen molar-refractivity contribution >= 4 is 0 Å². The Bertz CT molecular complexity index is 585. The molecule has 1 aromatic carbocycles. The maximum absolute atomic E-state index is 12.8. The number of morpholine rings is 1. The first-order chi connectivity index (χ1) is 10.2. The number of aryl methyl sites for hydroxylation is 2. The molecule has 2 aromatic rings. The van der Waals surface area contributed by atoms with Crippen molar-refractivity contribution in [1.29, 1.82) is 0 Å². The zero-order chi connectivity index (χ0) is 14.7. The van der Waals surface area contributed by atoms with E-state index in [2.05, 4.69) is 15.0 Å². The molecule has 2 heterocycles. The molecular formula is C15H18FN3O2. The highest BCUT2D eigenvalue weighted by Gasteiger charge is 2.24. The SMILES string of the molecule is CN1CCO[C@H](c2noc(CCc3ccc(F)cc3)n2)C1. The van der Waals surface area contributed by atoms with Gasteiger partial charge in [0.1, 0.15) is 11.9 Å². The minimum Gasteiger partial charge on any atom is -0.367 e. The standard InChI is InChI=1S/C15H18FN3O2/c1-19-8-9-20-13(10-19)15-17-14(21-18-15)7-4-11-2-5-12(16)6-3-11/h2-3,5-6,13H,4,7-10H2,1H3/t13-/m0/s1. The molecule has 0 aliphatic carbocycles. The fraction of sp³-hybridized carbons (Fsp3) is 0.467. The molecule has 0 spiro atoms. The normalized spacial score (nSPS) is 19.8. The average molecular weight is 291 g/mol. The maximum atomic E-state index is 12.8. The van der Waals surface area contributed by atoms with Crippen molar-refractivity contribution in [3.63, 3.8) is 0 Å². The Labute approximate surface area is 122 Å². The fourth-order valence-electron chi connectivity index (χ4n) is 2.34. The van der Waals surface area contributed by atoms with E-state index in [1.807, 2.05) is 7.05 Å². The Morgan fingerprint density at radius 2 is 2.10 bits per heavy atom. The van der Waals surface area contributed by atoms with Crippen molar-refractivity contribution in [2.24, 2.45) is 0 Å². The lowest BCUT2D eigenvalue weighted by molar-refractivity contribution is -0.0264. The van der Waals surface area contributed by atoms with Crippen LogP contribution in [0.15, 0.2) is 28.8 Å². The van der Waals surface area contributed by atoms with Crippen molar-refractivity contribution in [3.8, 4) is 0 Å². The summed E-state index contributed by atoms with van der Waals surface area (Å²) in [7, 11) is 2.05. The third-order valence-corrected chi connectivity index (χ3v) is 3.58. The molecule has 5 nitrogen and oxygen atoms in total. The topological polar surface area (TPSA) is 51.4 Å². The second kappa shape index (κ2) is 6.32. The number of benzene rings is 1. The number of rotatable bonds is 4. The molecule has 6 heteroatoms. The summed E-state index contributed by atoms with van der Waals surface area (Å²) in [6.07, 6.45) is 1.27. The van der Waals surface area contributed by atoms with Crippen molar-refractivity contribution in [2.75, 3.05) is 26.7 Å². The van der Waals surface area contributed by atoms with Crippen LogP contribution in [0.2, 0.25) is 0 Å².